The number of hydrogen-bond donors (Lipinski definition) is 2. The molecule has 2 aromatic rings. The Hall–Kier alpha value is -2.41. The molecule has 25 heavy (non-hydrogen) atoms. The van der Waals surface area contributed by atoms with Crippen molar-refractivity contribution in [2.45, 2.75) is 19.9 Å². The van der Waals surface area contributed by atoms with Crippen LogP contribution in [0, 0.1) is 5.82 Å². The molecule has 3 rings (SSSR count). The van der Waals surface area contributed by atoms with Gasteiger partial charge in [-0.1, -0.05) is 28.1 Å². The molecule has 5 nitrogen and oxygen atoms in total. The summed E-state index contributed by atoms with van der Waals surface area (Å²) >= 11 is 3.17. The number of fused-ring (bicyclic) bond motifs is 1. The quantitative estimate of drug-likeness (QED) is 0.814. The van der Waals surface area contributed by atoms with Crippen LogP contribution < -0.4 is 15.5 Å². The third-order valence-electron chi connectivity index (χ3n) is 4.05. The Labute approximate surface area is 153 Å². The number of carbonyl (C=O) groups excluding carboxylic acids is 2. The number of urea groups is 1. The van der Waals surface area contributed by atoms with Crippen LogP contribution in [0.15, 0.2) is 40.9 Å². The van der Waals surface area contributed by atoms with E-state index in [0.29, 0.717) is 17.6 Å². The van der Waals surface area contributed by atoms with Gasteiger partial charge >= 0.3 is 6.03 Å². The lowest BCUT2D eigenvalue weighted by atomic mass is 10.1. The lowest BCUT2D eigenvalue weighted by molar-refractivity contribution is -0.116. The molecule has 0 atom stereocenters. The summed E-state index contributed by atoms with van der Waals surface area (Å²) in [5, 5.41) is 5.19. The molecule has 3 amide bonds. The maximum absolute atomic E-state index is 13.7. The first-order valence-electron chi connectivity index (χ1n) is 7.84. The molecule has 1 aliphatic heterocycles. The Morgan fingerprint density at radius 3 is 2.76 bits per heavy atom. The highest BCUT2D eigenvalue weighted by Crippen LogP contribution is 2.28. The molecule has 0 saturated heterocycles. The number of benzene rings is 2. The van der Waals surface area contributed by atoms with Crippen LogP contribution in [0.4, 0.5) is 20.6 Å². The monoisotopic (exact) mass is 405 g/mol. The van der Waals surface area contributed by atoms with E-state index in [-0.39, 0.29) is 11.6 Å². The van der Waals surface area contributed by atoms with E-state index in [1.807, 2.05) is 18.2 Å². The zero-order chi connectivity index (χ0) is 18.0. The van der Waals surface area contributed by atoms with Crippen molar-refractivity contribution < 1.29 is 14.0 Å². The smallest absolute Gasteiger partial charge is 0.319 e. The number of nitrogens with one attached hydrogen (secondary N) is 2. The Balaban J connectivity index is 1.60. The van der Waals surface area contributed by atoms with Crippen molar-refractivity contribution in [3.05, 3.63) is 57.8 Å². The second kappa shape index (κ2) is 7.23. The second-order valence-electron chi connectivity index (χ2n) is 5.82. The van der Waals surface area contributed by atoms with Crippen LogP contribution in [-0.2, 0) is 17.8 Å². The van der Waals surface area contributed by atoms with Crippen LogP contribution in [0.5, 0.6) is 0 Å². The minimum atomic E-state index is -0.508. The van der Waals surface area contributed by atoms with Crippen molar-refractivity contribution in [3.8, 4) is 0 Å². The number of halogens is 2. The first-order chi connectivity index (χ1) is 11.9. The summed E-state index contributed by atoms with van der Waals surface area (Å²) in [6.07, 6.45) is 0.805. The fourth-order valence-electron chi connectivity index (χ4n) is 2.83. The van der Waals surface area contributed by atoms with Gasteiger partial charge in [0.15, 0.2) is 0 Å². The van der Waals surface area contributed by atoms with E-state index in [1.54, 1.807) is 17.9 Å². The maximum atomic E-state index is 13.7. The number of anilines is 2. The molecule has 130 valence electrons. The topological polar surface area (TPSA) is 61.4 Å². The molecule has 0 fully saturated rings. The predicted octanol–water partition coefficient (Wildman–Crippen LogP) is 3.82. The van der Waals surface area contributed by atoms with Crippen molar-refractivity contribution in [1.82, 2.24) is 5.32 Å². The summed E-state index contributed by atoms with van der Waals surface area (Å²) < 4.78 is 14.3. The molecular weight excluding hydrogens is 389 g/mol. The number of amides is 3. The van der Waals surface area contributed by atoms with Crippen LogP contribution in [-0.4, -0.2) is 18.5 Å². The van der Waals surface area contributed by atoms with E-state index in [9.17, 15) is 14.0 Å². The van der Waals surface area contributed by atoms with Crippen LogP contribution in [0.2, 0.25) is 0 Å². The lowest BCUT2D eigenvalue weighted by Crippen LogP contribution is -2.28. The van der Waals surface area contributed by atoms with Crippen LogP contribution in [0.25, 0.3) is 0 Å². The minimum absolute atomic E-state index is 0.0283. The molecule has 0 radical (unpaired) electrons. The van der Waals surface area contributed by atoms with Gasteiger partial charge in [0.1, 0.15) is 5.82 Å². The molecule has 0 aliphatic carbocycles. The molecule has 0 spiro atoms. The van der Waals surface area contributed by atoms with Crippen molar-refractivity contribution in [2.24, 2.45) is 0 Å². The average Bonchev–Trinajstić information content (AvgIpc) is 2.99. The molecule has 2 N–H and O–H groups in total. The third kappa shape index (κ3) is 3.99. The maximum Gasteiger partial charge on any atom is 0.319 e. The molecule has 0 aromatic heterocycles. The van der Waals surface area contributed by atoms with Gasteiger partial charge in [-0.15, -0.1) is 0 Å². The van der Waals surface area contributed by atoms with Gasteiger partial charge in [-0.05, 0) is 41.8 Å². The molecule has 0 saturated carbocycles. The average molecular weight is 406 g/mol. The van der Waals surface area contributed by atoms with Gasteiger partial charge in [-0.3, -0.25) is 4.79 Å². The van der Waals surface area contributed by atoms with Crippen LogP contribution in [0.1, 0.15) is 18.1 Å². The normalized spacial score (nSPS) is 12.7. The summed E-state index contributed by atoms with van der Waals surface area (Å²) in [5.74, 6) is -0.480. The van der Waals surface area contributed by atoms with E-state index in [0.717, 1.165) is 23.2 Å². The summed E-state index contributed by atoms with van der Waals surface area (Å²) in [5.41, 5.74) is 3.06. The molecule has 0 unspecified atom stereocenters. The van der Waals surface area contributed by atoms with E-state index < -0.39 is 11.8 Å². The Morgan fingerprint density at radius 2 is 2.04 bits per heavy atom. The fraction of sp³-hybridized carbons (Fsp3) is 0.222. The zero-order valence-corrected chi connectivity index (χ0v) is 15.2. The zero-order valence-electron chi connectivity index (χ0n) is 13.6. The van der Waals surface area contributed by atoms with Crippen molar-refractivity contribution in [2.75, 3.05) is 16.8 Å². The summed E-state index contributed by atoms with van der Waals surface area (Å²) in [6.45, 7) is 2.55. The van der Waals surface area contributed by atoms with Gasteiger partial charge in [-0.2, -0.15) is 0 Å². The van der Waals surface area contributed by atoms with Crippen molar-refractivity contribution >= 4 is 39.2 Å². The molecule has 1 aliphatic rings. The van der Waals surface area contributed by atoms with E-state index in [2.05, 4.69) is 26.6 Å². The van der Waals surface area contributed by atoms with Crippen LogP contribution >= 0.6 is 15.9 Å². The predicted molar refractivity (Wildman–Crippen MR) is 98.1 cm³/mol. The summed E-state index contributed by atoms with van der Waals surface area (Å²) in [4.78, 5) is 25.2. The highest BCUT2D eigenvalue weighted by Gasteiger charge is 2.22. The Morgan fingerprint density at radius 1 is 1.24 bits per heavy atom. The van der Waals surface area contributed by atoms with E-state index >= 15 is 0 Å². The van der Waals surface area contributed by atoms with E-state index in [4.69, 9.17) is 0 Å². The lowest BCUT2D eigenvalue weighted by Gasteiger charge is -2.15. The first kappa shape index (κ1) is 17.4. The Kier molecular flexibility index (Phi) is 5.03. The number of nitrogens with zero attached hydrogens (tertiary/aromatic N) is 1. The largest absolute Gasteiger partial charge is 0.334 e. The molecule has 1 heterocycles. The number of carbonyl (C=O) groups is 2. The number of rotatable bonds is 3. The molecule has 7 heteroatoms. The van der Waals surface area contributed by atoms with Gasteiger partial charge in [0.2, 0.25) is 5.91 Å². The van der Waals surface area contributed by atoms with E-state index in [1.165, 1.54) is 12.1 Å². The fourth-order valence-corrected chi connectivity index (χ4v) is 3.16. The minimum Gasteiger partial charge on any atom is -0.334 e. The summed E-state index contributed by atoms with van der Waals surface area (Å²) in [6, 6.07) is 9.71. The van der Waals surface area contributed by atoms with Gasteiger partial charge < -0.3 is 15.5 Å². The standard InChI is InChI=1S/C18H17BrFN3O2/c1-11(24)23-7-6-13-8-12(2-5-17(13)23)10-21-18(25)22-16-4-3-14(19)9-15(16)20/h2-5,8-9H,6-7,10H2,1H3,(H2,21,22,25). The number of hydrogen-bond acceptors (Lipinski definition) is 2. The summed E-state index contributed by atoms with van der Waals surface area (Å²) in [7, 11) is 0. The molecular formula is C18H17BrFN3O2. The van der Waals surface area contributed by atoms with Crippen LogP contribution in [0.3, 0.4) is 0 Å². The highest BCUT2D eigenvalue weighted by molar-refractivity contribution is 9.10. The third-order valence-corrected chi connectivity index (χ3v) is 4.55. The van der Waals surface area contributed by atoms with Gasteiger partial charge in [0.05, 0.1) is 5.69 Å². The Bertz CT molecular complexity index is 841. The SMILES string of the molecule is CC(=O)N1CCc2cc(CNC(=O)Nc3ccc(Br)cc3F)ccc21. The van der Waals surface area contributed by atoms with Gasteiger partial charge in [0, 0.05) is 30.2 Å². The highest BCUT2D eigenvalue weighted by atomic mass is 79.9. The molecule has 2 aromatic carbocycles. The first-order valence-corrected chi connectivity index (χ1v) is 8.63. The second-order valence-corrected chi connectivity index (χ2v) is 6.73. The molecule has 0 bridgehead atoms. The van der Waals surface area contributed by atoms with Crippen molar-refractivity contribution in [3.63, 3.8) is 0 Å². The van der Waals surface area contributed by atoms with Gasteiger partial charge in [0.25, 0.3) is 0 Å². The van der Waals surface area contributed by atoms with Crippen molar-refractivity contribution in [1.29, 1.82) is 0 Å². The van der Waals surface area contributed by atoms with Gasteiger partial charge in [-0.25, -0.2) is 9.18 Å².